The van der Waals surface area contributed by atoms with Crippen molar-refractivity contribution in [2.75, 3.05) is 33.3 Å². The number of nitrogens with zero attached hydrogens (tertiary/aromatic N) is 1. The molecule has 178 valence electrons. The molecule has 2 aromatic carbocycles. The standard InChI is InChI=1S/C25H29F3N2O3/c1-33-24(25(26,27)28,18-7-3-2-4-8-18)22(32)30-15-12-23(13-16-30)11-14-29-17-20(23)19-9-5-6-10-21(19)31/h2-10,20,29,31H,11-17H2,1H3/t20?,24-/m1/s1. The summed E-state index contributed by atoms with van der Waals surface area (Å²) in [6.45, 7) is 1.89. The number of phenols is 1. The molecule has 0 aromatic heterocycles. The van der Waals surface area contributed by atoms with Gasteiger partial charge in [-0.15, -0.1) is 0 Å². The van der Waals surface area contributed by atoms with Crippen molar-refractivity contribution in [3.63, 3.8) is 0 Å². The van der Waals surface area contributed by atoms with Crippen LogP contribution in [0.5, 0.6) is 5.75 Å². The summed E-state index contributed by atoms with van der Waals surface area (Å²) >= 11 is 0. The molecular weight excluding hydrogens is 433 g/mol. The molecule has 4 rings (SSSR count). The zero-order valence-electron chi connectivity index (χ0n) is 18.6. The molecule has 5 nitrogen and oxygen atoms in total. The second kappa shape index (κ2) is 8.99. The molecule has 0 saturated carbocycles. The fraction of sp³-hybridized carbons (Fsp3) is 0.480. The fourth-order valence-corrected chi connectivity index (χ4v) is 5.57. The largest absolute Gasteiger partial charge is 0.508 e. The van der Waals surface area contributed by atoms with Gasteiger partial charge in [0.15, 0.2) is 0 Å². The van der Waals surface area contributed by atoms with Crippen LogP contribution in [0.2, 0.25) is 0 Å². The average Bonchev–Trinajstić information content (AvgIpc) is 2.81. The maximum atomic E-state index is 14.3. The Morgan fingerprint density at radius 3 is 2.30 bits per heavy atom. The lowest BCUT2D eigenvalue weighted by atomic mass is 9.62. The third-order valence-electron chi connectivity index (χ3n) is 7.43. The number of alkyl halides is 3. The van der Waals surface area contributed by atoms with Crippen LogP contribution >= 0.6 is 0 Å². The van der Waals surface area contributed by atoms with Gasteiger partial charge in [-0.2, -0.15) is 13.2 Å². The van der Waals surface area contributed by atoms with Gasteiger partial charge in [-0.25, -0.2) is 0 Å². The third kappa shape index (κ3) is 3.99. The first-order valence-corrected chi connectivity index (χ1v) is 11.2. The number of phenolic OH excluding ortho intramolecular Hbond substituents is 1. The molecule has 33 heavy (non-hydrogen) atoms. The number of carbonyl (C=O) groups excluding carboxylic acids is 1. The van der Waals surface area contributed by atoms with Gasteiger partial charge < -0.3 is 20.1 Å². The van der Waals surface area contributed by atoms with Gasteiger partial charge in [0.25, 0.3) is 11.5 Å². The maximum absolute atomic E-state index is 14.3. The van der Waals surface area contributed by atoms with Crippen molar-refractivity contribution in [1.29, 1.82) is 0 Å². The van der Waals surface area contributed by atoms with Crippen LogP contribution in [0.1, 0.15) is 36.3 Å². The van der Waals surface area contributed by atoms with E-state index in [-0.39, 0.29) is 35.7 Å². The Bertz CT molecular complexity index is 974. The molecular formula is C25H29F3N2O3. The van der Waals surface area contributed by atoms with E-state index >= 15 is 0 Å². The van der Waals surface area contributed by atoms with Crippen molar-refractivity contribution in [1.82, 2.24) is 10.2 Å². The van der Waals surface area contributed by atoms with Crippen molar-refractivity contribution in [3.8, 4) is 5.75 Å². The molecule has 2 fully saturated rings. The number of methoxy groups -OCH3 is 1. The number of carbonyl (C=O) groups is 1. The molecule has 1 spiro atoms. The van der Waals surface area contributed by atoms with Gasteiger partial charge in [0.1, 0.15) is 5.75 Å². The molecule has 2 aliphatic heterocycles. The van der Waals surface area contributed by atoms with Gasteiger partial charge in [0.05, 0.1) is 0 Å². The van der Waals surface area contributed by atoms with E-state index in [9.17, 15) is 23.1 Å². The SMILES string of the molecule is CO[C@@](C(=O)N1CCC2(CCNCC2c2ccccc2O)CC1)(c1ccccc1)C(F)(F)F. The van der Waals surface area contributed by atoms with Crippen LogP contribution in [0, 0.1) is 5.41 Å². The average molecular weight is 463 g/mol. The van der Waals surface area contributed by atoms with Crippen molar-refractivity contribution < 1.29 is 27.8 Å². The minimum absolute atomic E-state index is 0.0219. The van der Waals surface area contributed by atoms with E-state index in [2.05, 4.69) is 5.32 Å². The molecule has 2 saturated heterocycles. The monoisotopic (exact) mass is 462 g/mol. The molecule has 2 heterocycles. The predicted molar refractivity (Wildman–Crippen MR) is 118 cm³/mol. The van der Waals surface area contributed by atoms with Crippen LogP contribution in [0.25, 0.3) is 0 Å². The molecule has 0 bridgehead atoms. The molecule has 2 N–H and O–H groups in total. The minimum atomic E-state index is -4.91. The number of piperidine rings is 2. The first-order chi connectivity index (χ1) is 15.7. The van der Waals surface area contributed by atoms with Crippen molar-refractivity contribution >= 4 is 5.91 Å². The zero-order valence-corrected chi connectivity index (χ0v) is 18.6. The van der Waals surface area contributed by atoms with Crippen LogP contribution in [0.4, 0.5) is 13.2 Å². The lowest BCUT2D eigenvalue weighted by Gasteiger charge is -2.50. The first-order valence-electron chi connectivity index (χ1n) is 11.2. The van der Waals surface area contributed by atoms with Crippen molar-refractivity contribution in [2.45, 2.75) is 37.0 Å². The topological polar surface area (TPSA) is 61.8 Å². The summed E-state index contributed by atoms with van der Waals surface area (Å²) in [6, 6.07) is 14.3. The summed E-state index contributed by atoms with van der Waals surface area (Å²) in [5, 5.41) is 13.8. The first kappa shape index (κ1) is 23.6. The molecule has 0 aliphatic carbocycles. The zero-order chi connectivity index (χ0) is 23.7. The van der Waals surface area contributed by atoms with E-state index in [1.165, 1.54) is 29.2 Å². The molecule has 8 heteroatoms. The number of halogens is 3. The smallest absolute Gasteiger partial charge is 0.430 e. The number of likely N-dealkylation sites (tertiary alicyclic amines) is 1. The maximum Gasteiger partial charge on any atom is 0.430 e. The Morgan fingerprint density at radius 1 is 1.06 bits per heavy atom. The highest BCUT2D eigenvalue weighted by molar-refractivity contribution is 5.88. The Labute approximate surface area is 191 Å². The van der Waals surface area contributed by atoms with Gasteiger partial charge in [-0.05, 0) is 42.9 Å². The Morgan fingerprint density at radius 2 is 1.70 bits per heavy atom. The molecule has 1 amide bonds. The van der Waals surface area contributed by atoms with Crippen LogP contribution < -0.4 is 5.32 Å². The second-order valence-electron chi connectivity index (χ2n) is 8.97. The predicted octanol–water partition coefficient (Wildman–Crippen LogP) is 4.18. The van der Waals surface area contributed by atoms with E-state index in [4.69, 9.17) is 4.74 Å². The lowest BCUT2D eigenvalue weighted by Crippen LogP contribution is -2.59. The van der Waals surface area contributed by atoms with Crippen LogP contribution in [0.3, 0.4) is 0 Å². The number of para-hydroxylation sites is 1. The number of hydrogen-bond acceptors (Lipinski definition) is 4. The number of amides is 1. The highest BCUT2D eigenvalue weighted by Gasteiger charge is 2.64. The number of benzene rings is 2. The van der Waals surface area contributed by atoms with Gasteiger partial charge in [0.2, 0.25) is 0 Å². The molecule has 2 aromatic rings. The van der Waals surface area contributed by atoms with E-state index in [0.717, 1.165) is 25.6 Å². The third-order valence-corrected chi connectivity index (χ3v) is 7.43. The Hall–Kier alpha value is -2.58. The lowest BCUT2D eigenvalue weighted by molar-refractivity contribution is -0.271. The van der Waals surface area contributed by atoms with Crippen LogP contribution in [0.15, 0.2) is 54.6 Å². The van der Waals surface area contributed by atoms with E-state index < -0.39 is 17.7 Å². The number of nitrogens with one attached hydrogen (secondary N) is 1. The van der Waals surface area contributed by atoms with Crippen LogP contribution in [-0.4, -0.2) is 55.4 Å². The van der Waals surface area contributed by atoms with Gasteiger partial charge in [-0.1, -0.05) is 48.5 Å². The van der Waals surface area contributed by atoms with Gasteiger partial charge in [-0.3, -0.25) is 4.79 Å². The van der Waals surface area contributed by atoms with Gasteiger partial charge >= 0.3 is 6.18 Å². The summed E-state index contributed by atoms with van der Waals surface area (Å²) in [5.41, 5.74) is -2.61. The van der Waals surface area contributed by atoms with E-state index in [1.54, 1.807) is 18.2 Å². The Balaban J connectivity index is 1.61. The molecule has 1 unspecified atom stereocenters. The quantitative estimate of drug-likeness (QED) is 0.716. The molecule has 2 atom stereocenters. The van der Waals surface area contributed by atoms with Crippen LogP contribution in [-0.2, 0) is 15.1 Å². The van der Waals surface area contributed by atoms with E-state index in [0.29, 0.717) is 19.4 Å². The highest BCUT2D eigenvalue weighted by Crippen LogP contribution is 2.51. The van der Waals surface area contributed by atoms with Crippen molar-refractivity contribution in [3.05, 3.63) is 65.7 Å². The number of hydrogen-bond donors (Lipinski definition) is 2. The summed E-state index contributed by atoms with van der Waals surface area (Å²) in [6.07, 6.45) is -2.96. The van der Waals surface area contributed by atoms with Gasteiger partial charge in [0, 0.05) is 38.2 Å². The molecule has 0 radical (unpaired) electrons. The number of aromatic hydroxyl groups is 1. The van der Waals surface area contributed by atoms with Crippen molar-refractivity contribution in [2.24, 2.45) is 5.41 Å². The summed E-state index contributed by atoms with van der Waals surface area (Å²) in [7, 11) is 0.935. The summed E-state index contributed by atoms with van der Waals surface area (Å²) in [5.74, 6) is -0.830. The Kier molecular flexibility index (Phi) is 6.42. The summed E-state index contributed by atoms with van der Waals surface area (Å²) < 4.78 is 48.0. The summed E-state index contributed by atoms with van der Waals surface area (Å²) in [4.78, 5) is 14.7. The second-order valence-corrected chi connectivity index (χ2v) is 8.97. The highest BCUT2D eigenvalue weighted by atomic mass is 19.4. The normalized spacial score (nSPS) is 22.7. The van der Waals surface area contributed by atoms with E-state index in [1.807, 2.05) is 12.1 Å². The molecule has 2 aliphatic rings. The minimum Gasteiger partial charge on any atom is -0.508 e. The number of ether oxygens (including phenoxy) is 1. The number of rotatable bonds is 4. The fourth-order valence-electron chi connectivity index (χ4n) is 5.57.